The molecule has 0 saturated heterocycles. The Morgan fingerprint density at radius 2 is 1.90 bits per heavy atom. The van der Waals surface area contributed by atoms with E-state index in [9.17, 15) is 5.11 Å². The van der Waals surface area contributed by atoms with Gasteiger partial charge in [0.05, 0.1) is 5.76 Å². The van der Waals surface area contributed by atoms with Crippen LogP contribution in [0, 0.1) is 5.41 Å². The number of aliphatic hydroxyl groups is 1. The molecule has 0 heterocycles. The van der Waals surface area contributed by atoms with E-state index in [4.69, 9.17) is 5.73 Å². The third-order valence-electron chi connectivity index (χ3n) is 1.09. The van der Waals surface area contributed by atoms with E-state index in [1.54, 1.807) is 0 Å². The molecule has 0 saturated carbocycles. The summed E-state index contributed by atoms with van der Waals surface area (Å²) in [5.74, 6) is 0.264. The van der Waals surface area contributed by atoms with Crippen LogP contribution in [-0.4, -0.2) is 5.11 Å². The Bertz CT molecular complexity index is 163. The lowest BCUT2D eigenvalue weighted by Crippen LogP contribution is -2.09. The lowest BCUT2D eigenvalue weighted by molar-refractivity contribution is 0.277. The van der Waals surface area contributed by atoms with Crippen molar-refractivity contribution < 1.29 is 5.11 Å². The van der Waals surface area contributed by atoms with Gasteiger partial charge in [0.25, 0.3) is 0 Å². The minimum Gasteiger partial charge on any atom is -0.512 e. The molecule has 2 heteroatoms. The van der Waals surface area contributed by atoms with Gasteiger partial charge in [0.2, 0.25) is 0 Å². The Balaban J connectivity index is 4.35. The smallest absolute Gasteiger partial charge is 0.0996 e. The molecule has 0 amide bonds. The second kappa shape index (κ2) is 2.78. The highest BCUT2D eigenvalue weighted by molar-refractivity contribution is 5.16. The van der Waals surface area contributed by atoms with E-state index in [1.807, 2.05) is 20.8 Å². The monoisotopic (exact) mass is 141 g/mol. The van der Waals surface area contributed by atoms with E-state index < -0.39 is 0 Å². The highest BCUT2D eigenvalue weighted by Crippen LogP contribution is 2.22. The quantitative estimate of drug-likeness (QED) is 0.433. The van der Waals surface area contributed by atoms with Gasteiger partial charge in [-0.15, -0.1) is 0 Å². The minimum absolute atomic E-state index is 0.234. The van der Waals surface area contributed by atoms with Gasteiger partial charge in [-0.05, 0) is 6.08 Å². The predicted molar refractivity (Wildman–Crippen MR) is 43.5 cm³/mol. The van der Waals surface area contributed by atoms with E-state index in [2.05, 4.69) is 6.58 Å². The third-order valence-corrected chi connectivity index (χ3v) is 1.09. The zero-order valence-corrected chi connectivity index (χ0v) is 6.81. The molecule has 58 valence electrons. The first-order valence-electron chi connectivity index (χ1n) is 3.19. The number of nitrogens with two attached hydrogens (primary N) is 1. The van der Waals surface area contributed by atoms with Crippen LogP contribution in [0.5, 0.6) is 0 Å². The molecule has 0 atom stereocenters. The van der Waals surface area contributed by atoms with Crippen LogP contribution >= 0.6 is 0 Å². The standard InChI is InChI=1S/C8H15NO/c1-6(9)5-7(10)8(2,3)4/h5,10H,1,9H2,2-4H3/b7-5-. The van der Waals surface area contributed by atoms with Crippen LogP contribution in [0.3, 0.4) is 0 Å². The first-order chi connectivity index (χ1) is 4.34. The maximum Gasteiger partial charge on any atom is 0.0996 e. The topological polar surface area (TPSA) is 46.2 Å². The van der Waals surface area contributed by atoms with Gasteiger partial charge in [-0.2, -0.15) is 0 Å². The summed E-state index contributed by atoms with van der Waals surface area (Å²) in [6, 6.07) is 0. The lowest BCUT2D eigenvalue weighted by Gasteiger charge is -2.16. The molecule has 3 N–H and O–H groups in total. The molecule has 0 bridgehead atoms. The summed E-state index contributed by atoms with van der Waals surface area (Å²) in [5.41, 5.74) is 5.41. The summed E-state index contributed by atoms with van der Waals surface area (Å²) in [4.78, 5) is 0. The van der Waals surface area contributed by atoms with Crippen molar-refractivity contribution in [2.75, 3.05) is 0 Å². The van der Waals surface area contributed by atoms with Crippen LogP contribution in [0.1, 0.15) is 20.8 Å². The molecule has 0 aliphatic rings. The van der Waals surface area contributed by atoms with Crippen molar-refractivity contribution >= 4 is 0 Å². The predicted octanol–water partition coefficient (Wildman–Crippen LogP) is 1.95. The summed E-state index contributed by atoms with van der Waals surface area (Å²) < 4.78 is 0. The fraction of sp³-hybridized carbons (Fsp3) is 0.500. The summed E-state index contributed by atoms with van der Waals surface area (Å²) in [6.07, 6.45) is 1.47. The van der Waals surface area contributed by atoms with Crippen LogP contribution < -0.4 is 5.73 Å². The van der Waals surface area contributed by atoms with Crippen LogP contribution in [-0.2, 0) is 0 Å². The van der Waals surface area contributed by atoms with Gasteiger partial charge in [-0.1, -0.05) is 27.4 Å². The molecule has 0 aromatic heterocycles. The number of allylic oxidation sites excluding steroid dienone is 2. The molecule has 0 radical (unpaired) electrons. The zero-order valence-electron chi connectivity index (χ0n) is 6.81. The highest BCUT2D eigenvalue weighted by atomic mass is 16.3. The van der Waals surface area contributed by atoms with Crippen LogP contribution in [0.25, 0.3) is 0 Å². The first-order valence-corrected chi connectivity index (χ1v) is 3.19. The molecule has 0 aromatic carbocycles. The minimum atomic E-state index is -0.234. The van der Waals surface area contributed by atoms with E-state index in [0.29, 0.717) is 5.70 Å². The van der Waals surface area contributed by atoms with Gasteiger partial charge < -0.3 is 10.8 Å². The van der Waals surface area contributed by atoms with Gasteiger partial charge >= 0.3 is 0 Å². The highest BCUT2D eigenvalue weighted by Gasteiger charge is 2.14. The first kappa shape index (κ1) is 9.08. The van der Waals surface area contributed by atoms with Crippen molar-refractivity contribution in [2.24, 2.45) is 11.1 Å². The second-order valence-corrected chi connectivity index (χ2v) is 3.35. The summed E-state index contributed by atoms with van der Waals surface area (Å²) in [7, 11) is 0. The zero-order chi connectivity index (χ0) is 8.36. The molecule has 0 unspecified atom stereocenters. The van der Waals surface area contributed by atoms with Crippen LogP contribution in [0.4, 0.5) is 0 Å². The Morgan fingerprint density at radius 3 is 2.00 bits per heavy atom. The van der Waals surface area contributed by atoms with Gasteiger partial charge in [0, 0.05) is 11.1 Å². The van der Waals surface area contributed by atoms with E-state index in [-0.39, 0.29) is 11.2 Å². The van der Waals surface area contributed by atoms with Crippen molar-refractivity contribution in [3.05, 3.63) is 24.1 Å². The molecule has 0 aromatic rings. The van der Waals surface area contributed by atoms with Gasteiger partial charge in [-0.3, -0.25) is 0 Å². The molecule has 0 aliphatic carbocycles. The van der Waals surface area contributed by atoms with Gasteiger partial charge in [0.1, 0.15) is 0 Å². The van der Waals surface area contributed by atoms with Crippen LogP contribution in [0.15, 0.2) is 24.1 Å². The number of hydrogen-bond donors (Lipinski definition) is 2. The largest absolute Gasteiger partial charge is 0.512 e. The van der Waals surface area contributed by atoms with Crippen molar-refractivity contribution in [3.63, 3.8) is 0 Å². The van der Waals surface area contributed by atoms with Gasteiger partial charge in [-0.25, -0.2) is 0 Å². The normalized spacial score (nSPS) is 13.3. The van der Waals surface area contributed by atoms with Crippen molar-refractivity contribution in [1.82, 2.24) is 0 Å². The summed E-state index contributed by atoms with van der Waals surface area (Å²) >= 11 is 0. The molecule has 0 rings (SSSR count). The fourth-order valence-corrected chi connectivity index (χ4v) is 0.392. The average molecular weight is 141 g/mol. The second-order valence-electron chi connectivity index (χ2n) is 3.35. The Labute approximate surface area is 62.0 Å². The SMILES string of the molecule is C=C(N)/C=C(\O)C(C)(C)C. The number of rotatable bonds is 1. The molecular formula is C8H15NO. The van der Waals surface area contributed by atoms with Crippen molar-refractivity contribution in [2.45, 2.75) is 20.8 Å². The Morgan fingerprint density at radius 1 is 1.50 bits per heavy atom. The van der Waals surface area contributed by atoms with Crippen LogP contribution in [0.2, 0.25) is 0 Å². The summed E-state index contributed by atoms with van der Waals surface area (Å²) in [6.45, 7) is 9.16. The maximum absolute atomic E-state index is 9.28. The molecule has 0 aliphatic heterocycles. The van der Waals surface area contributed by atoms with E-state index in [1.165, 1.54) is 6.08 Å². The number of hydrogen-bond acceptors (Lipinski definition) is 2. The van der Waals surface area contributed by atoms with Crippen molar-refractivity contribution in [1.29, 1.82) is 0 Å². The van der Waals surface area contributed by atoms with E-state index in [0.717, 1.165) is 0 Å². The Kier molecular flexibility index (Phi) is 2.52. The summed E-state index contributed by atoms with van der Waals surface area (Å²) in [5, 5.41) is 9.28. The molecular weight excluding hydrogens is 126 g/mol. The number of aliphatic hydroxyl groups excluding tert-OH is 1. The molecule has 10 heavy (non-hydrogen) atoms. The van der Waals surface area contributed by atoms with E-state index >= 15 is 0 Å². The molecule has 0 spiro atoms. The van der Waals surface area contributed by atoms with Gasteiger partial charge in [0.15, 0.2) is 0 Å². The van der Waals surface area contributed by atoms with Crippen molar-refractivity contribution in [3.8, 4) is 0 Å². The Hall–Kier alpha value is -0.920. The lowest BCUT2D eigenvalue weighted by atomic mass is 9.93. The molecule has 0 fully saturated rings. The fourth-order valence-electron chi connectivity index (χ4n) is 0.392. The third kappa shape index (κ3) is 3.17. The maximum atomic E-state index is 9.28. The average Bonchev–Trinajstić information content (AvgIpc) is 1.60. The molecule has 2 nitrogen and oxygen atoms in total.